The Morgan fingerprint density at radius 2 is 1.92 bits per heavy atom. The predicted molar refractivity (Wildman–Crippen MR) is 127 cm³/mol. The second-order valence-corrected chi connectivity index (χ2v) is 8.49. The Morgan fingerprint density at radius 1 is 1.14 bits per heavy atom. The van der Waals surface area contributed by atoms with E-state index in [-0.39, 0.29) is 23.0 Å². The van der Waals surface area contributed by atoms with Crippen LogP contribution in [-0.2, 0) is 11.3 Å². The summed E-state index contributed by atoms with van der Waals surface area (Å²) in [5.41, 5.74) is 0.605. The molecule has 8 nitrogen and oxygen atoms in total. The van der Waals surface area contributed by atoms with E-state index in [4.69, 9.17) is 4.74 Å². The fraction of sp³-hybridized carbons (Fsp3) is 0.280. The van der Waals surface area contributed by atoms with Crippen molar-refractivity contribution in [3.05, 3.63) is 70.5 Å². The van der Waals surface area contributed by atoms with E-state index in [0.717, 1.165) is 0 Å². The number of hydrogen-bond acceptors (Lipinski definition) is 5. The van der Waals surface area contributed by atoms with Gasteiger partial charge in [-0.15, -0.1) is 0 Å². The molecule has 4 aromatic rings. The molecular weight excluding hydrogens is 475 g/mol. The van der Waals surface area contributed by atoms with E-state index >= 15 is 0 Å². The highest BCUT2D eigenvalue weighted by atomic mass is 19.3. The first-order valence-electron chi connectivity index (χ1n) is 11.4. The summed E-state index contributed by atoms with van der Waals surface area (Å²) in [6.45, 7) is 2.95. The molecule has 3 heterocycles. The molecule has 2 aromatic heterocycles. The number of amides is 1. The fourth-order valence-electron chi connectivity index (χ4n) is 4.39. The molecule has 2 aromatic carbocycles. The maximum atomic E-state index is 13.5. The number of H-pyrrole nitrogens is 1. The normalized spacial score (nSPS) is 15.9. The molecule has 1 atom stereocenters. The first-order valence-corrected chi connectivity index (χ1v) is 11.4. The predicted octanol–water partition coefficient (Wildman–Crippen LogP) is 4.32. The summed E-state index contributed by atoms with van der Waals surface area (Å²) in [6, 6.07) is 12.9. The van der Waals surface area contributed by atoms with Crippen molar-refractivity contribution in [1.82, 2.24) is 19.5 Å². The first-order chi connectivity index (χ1) is 17.3. The zero-order valence-corrected chi connectivity index (χ0v) is 19.2. The van der Waals surface area contributed by atoms with E-state index in [1.54, 1.807) is 45.9 Å². The van der Waals surface area contributed by atoms with Gasteiger partial charge in [-0.2, -0.15) is 0 Å². The average molecular weight is 497 g/mol. The van der Waals surface area contributed by atoms with Gasteiger partial charge < -0.3 is 19.2 Å². The maximum absolute atomic E-state index is 13.5. The van der Waals surface area contributed by atoms with Crippen molar-refractivity contribution in [3.63, 3.8) is 0 Å². The number of fused-ring (bicyclic) bond motifs is 1. The summed E-state index contributed by atoms with van der Waals surface area (Å²) in [7, 11) is 0. The number of aryl methyl sites for hydroxylation is 1. The Kier molecular flexibility index (Phi) is 6.21. The quantitative estimate of drug-likeness (QED) is 0.411. The van der Waals surface area contributed by atoms with Gasteiger partial charge >= 0.3 is 0 Å². The number of carbonyl (C=O) groups excluding carboxylic acids is 1. The number of carbonyl (C=O) groups is 1. The van der Waals surface area contributed by atoms with Crippen molar-refractivity contribution >= 4 is 22.8 Å². The summed E-state index contributed by atoms with van der Waals surface area (Å²) in [6.07, 6.45) is -2.61. The molecule has 0 radical (unpaired) electrons. The van der Waals surface area contributed by atoms with Crippen molar-refractivity contribution in [2.24, 2.45) is 5.92 Å². The van der Waals surface area contributed by atoms with E-state index in [1.807, 2.05) is 6.92 Å². The number of aromatic amines is 1. The number of alkyl halides is 2. The number of rotatable bonds is 7. The number of anilines is 1. The van der Waals surface area contributed by atoms with Gasteiger partial charge in [0.15, 0.2) is 17.0 Å². The molecule has 1 saturated heterocycles. The standard InChI is InChI=1S/C25H22F3N5O3/c1-2-32-20-22(29-23(21(27)28)31-25(20)35)30-24(32)15-6-8-18(9-7-15)36-13-14-10-19(34)33(12-14)17-5-3-4-16(26)11-17/h3-9,11,14,21H,2,10,12-13H2,1H3,(H,29,31,35). The highest BCUT2D eigenvalue weighted by Gasteiger charge is 2.31. The molecule has 1 amide bonds. The van der Waals surface area contributed by atoms with Crippen molar-refractivity contribution < 1.29 is 22.7 Å². The van der Waals surface area contributed by atoms with Crippen LogP contribution in [0.4, 0.5) is 18.9 Å². The largest absolute Gasteiger partial charge is 0.493 e. The zero-order valence-electron chi connectivity index (χ0n) is 19.2. The molecular formula is C25H22F3N5O3. The SMILES string of the molecule is CCn1c(-c2ccc(OCC3CC(=O)N(c4cccc(F)c4)C3)cc2)nc2nc(C(F)F)[nH]c(=O)c21. The molecule has 1 aliphatic rings. The number of nitrogens with zero attached hydrogens (tertiary/aromatic N) is 4. The summed E-state index contributed by atoms with van der Waals surface area (Å²) in [5, 5.41) is 0. The summed E-state index contributed by atoms with van der Waals surface area (Å²) in [5.74, 6) is -0.245. The lowest BCUT2D eigenvalue weighted by atomic mass is 10.1. The summed E-state index contributed by atoms with van der Waals surface area (Å²) in [4.78, 5) is 36.6. The van der Waals surface area contributed by atoms with E-state index in [2.05, 4.69) is 15.0 Å². The highest BCUT2D eigenvalue weighted by molar-refractivity contribution is 5.95. The zero-order chi connectivity index (χ0) is 25.4. The number of ether oxygens (including phenoxy) is 1. The minimum absolute atomic E-state index is 0.0417. The molecule has 5 rings (SSSR count). The number of nitrogens with one attached hydrogen (secondary N) is 1. The highest BCUT2D eigenvalue weighted by Crippen LogP contribution is 2.28. The minimum Gasteiger partial charge on any atom is -0.493 e. The molecule has 11 heteroatoms. The number of imidazole rings is 1. The third kappa shape index (κ3) is 4.43. The molecule has 1 fully saturated rings. The minimum atomic E-state index is -2.91. The first kappa shape index (κ1) is 23.6. The fourth-order valence-corrected chi connectivity index (χ4v) is 4.39. The smallest absolute Gasteiger partial charge is 0.295 e. The van der Waals surface area contributed by atoms with E-state index in [0.29, 0.717) is 48.9 Å². The van der Waals surface area contributed by atoms with Gasteiger partial charge in [-0.3, -0.25) is 9.59 Å². The molecule has 1 unspecified atom stereocenters. The monoisotopic (exact) mass is 497 g/mol. The van der Waals surface area contributed by atoms with Crippen molar-refractivity contribution in [2.45, 2.75) is 26.3 Å². The van der Waals surface area contributed by atoms with Crippen LogP contribution in [0.1, 0.15) is 25.6 Å². The molecule has 0 bridgehead atoms. The molecule has 36 heavy (non-hydrogen) atoms. The van der Waals surface area contributed by atoms with Crippen LogP contribution < -0.4 is 15.2 Å². The van der Waals surface area contributed by atoms with E-state index in [1.165, 1.54) is 12.1 Å². The van der Waals surface area contributed by atoms with Gasteiger partial charge in [0.2, 0.25) is 5.91 Å². The van der Waals surface area contributed by atoms with Crippen LogP contribution in [0.2, 0.25) is 0 Å². The lowest BCUT2D eigenvalue weighted by Gasteiger charge is -2.17. The van der Waals surface area contributed by atoms with Gasteiger partial charge in [-0.05, 0) is 49.4 Å². The number of hydrogen-bond donors (Lipinski definition) is 1. The van der Waals surface area contributed by atoms with Gasteiger partial charge in [-0.1, -0.05) is 6.07 Å². The second kappa shape index (κ2) is 9.48. The van der Waals surface area contributed by atoms with Gasteiger partial charge in [0.1, 0.15) is 17.4 Å². The molecule has 1 aliphatic heterocycles. The third-order valence-corrected chi connectivity index (χ3v) is 6.08. The Labute approximate surface area is 203 Å². The Hall–Kier alpha value is -4.15. The molecule has 186 valence electrons. The Morgan fingerprint density at radius 3 is 2.61 bits per heavy atom. The maximum Gasteiger partial charge on any atom is 0.295 e. The van der Waals surface area contributed by atoms with Crippen LogP contribution in [0.15, 0.2) is 53.3 Å². The van der Waals surface area contributed by atoms with E-state index in [9.17, 15) is 22.8 Å². The van der Waals surface area contributed by atoms with Crippen LogP contribution in [-0.4, -0.2) is 38.6 Å². The van der Waals surface area contributed by atoms with Crippen LogP contribution in [0.3, 0.4) is 0 Å². The summed E-state index contributed by atoms with van der Waals surface area (Å²) >= 11 is 0. The lowest BCUT2D eigenvalue weighted by Crippen LogP contribution is -2.25. The van der Waals surface area contributed by atoms with Crippen LogP contribution >= 0.6 is 0 Å². The van der Waals surface area contributed by atoms with Crippen LogP contribution in [0.5, 0.6) is 5.75 Å². The van der Waals surface area contributed by atoms with Gasteiger partial charge in [-0.25, -0.2) is 23.1 Å². The van der Waals surface area contributed by atoms with Gasteiger partial charge in [0, 0.05) is 36.7 Å². The lowest BCUT2D eigenvalue weighted by molar-refractivity contribution is -0.117. The Bertz CT molecular complexity index is 1480. The van der Waals surface area contributed by atoms with Gasteiger partial charge in [0.25, 0.3) is 12.0 Å². The summed E-state index contributed by atoms with van der Waals surface area (Å²) < 4.78 is 47.1. The second-order valence-electron chi connectivity index (χ2n) is 8.49. The number of benzene rings is 2. The van der Waals surface area contributed by atoms with Crippen LogP contribution in [0, 0.1) is 11.7 Å². The van der Waals surface area contributed by atoms with Crippen molar-refractivity contribution in [2.75, 3.05) is 18.1 Å². The van der Waals surface area contributed by atoms with Crippen molar-refractivity contribution in [3.8, 4) is 17.1 Å². The third-order valence-electron chi connectivity index (χ3n) is 6.08. The average Bonchev–Trinajstić information content (AvgIpc) is 3.43. The van der Waals surface area contributed by atoms with Gasteiger partial charge in [0.05, 0.1) is 6.61 Å². The molecule has 0 saturated carbocycles. The number of halogens is 3. The topological polar surface area (TPSA) is 93.1 Å². The molecule has 0 spiro atoms. The van der Waals surface area contributed by atoms with Crippen LogP contribution in [0.25, 0.3) is 22.6 Å². The number of aromatic nitrogens is 4. The van der Waals surface area contributed by atoms with Crippen molar-refractivity contribution in [1.29, 1.82) is 0 Å². The Balaban J connectivity index is 1.30. The molecule has 1 N–H and O–H groups in total. The van der Waals surface area contributed by atoms with E-state index < -0.39 is 23.6 Å². The molecule has 0 aliphatic carbocycles.